The lowest BCUT2D eigenvalue weighted by Crippen LogP contribution is -2.47. The molecule has 0 saturated heterocycles. The Morgan fingerprint density at radius 2 is 2.35 bits per heavy atom. The van der Waals surface area contributed by atoms with E-state index in [1.165, 1.54) is 16.8 Å². The lowest BCUT2D eigenvalue weighted by atomic mass is 10.3. The van der Waals surface area contributed by atoms with Crippen molar-refractivity contribution >= 4 is 23.5 Å². The molecule has 17 heavy (non-hydrogen) atoms. The largest absolute Gasteiger partial charge is 0.465 e. The molecule has 1 rings (SSSR count). The average molecular weight is 260 g/mol. The van der Waals surface area contributed by atoms with Crippen LogP contribution in [0.5, 0.6) is 0 Å². The number of hydrogen-bond acceptors (Lipinski definition) is 5. The van der Waals surface area contributed by atoms with E-state index >= 15 is 0 Å². The summed E-state index contributed by atoms with van der Waals surface area (Å²) in [6, 6.07) is -0.868. The molecule has 1 aromatic heterocycles. The number of urea groups is 1. The van der Waals surface area contributed by atoms with E-state index in [4.69, 9.17) is 15.9 Å². The summed E-state index contributed by atoms with van der Waals surface area (Å²) in [5, 5.41) is 21.6. The number of rotatable bonds is 5. The molecule has 0 bridgehead atoms. The molecule has 0 saturated carbocycles. The summed E-state index contributed by atoms with van der Waals surface area (Å²) in [5.41, 5.74) is 6.83. The van der Waals surface area contributed by atoms with Gasteiger partial charge in [0.05, 0.1) is 17.8 Å². The summed E-state index contributed by atoms with van der Waals surface area (Å²) in [7, 11) is 0. The SMILES string of the molecule is NC(=O)NC(c1cscn1)N(CCO)C(=O)O. The minimum Gasteiger partial charge on any atom is -0.465 e. The van der Waals surface area contributed by atoms with Crippen LogP contribution in [0.15, 0.2) is 10.9 Å². The Hall–Kier alpha value is -1.87. The van der Waals surface area contributed by atoms with Crippen molar-refractivity contribution in [2.45, 2.75) is 6.17 Å². The highest BCUT2D eigenvalue weighted by atomic mass is 32.1. The Morgan fingerprint density at radius 1 is 1.65 bits per heavy atom. The second kappa shape index (κ2) is 6.01. The smallest absolute Gasteiger partial charge is 0.409 e. The van der Waals surface area contributed by atoms with Crippen molar-refractivity contribution in [1.29, 1.82) is 0 Å². The van der Waals surface area contributed by atoms with Crippen LogP contribution in [-0.4, -0.2) is 45.4 Å². The molecular weight excluding hydrogens is 248 g/mol. The normalized spacial score (nSPS) is 11.8. The van der Waals surface area contributed by atoms with E-state index in [1.54, 1.807) is 5.38 Å². The zero-order chi connectivity index (χ0) is 12.8. The first-order valence-corrected chi connectivity index (χ1v) is 5.55. The van der Waals surface area contributed by atoms with Crippen molar-refractivity contribution in [1.82, 2.24) is 15.2 Å². The van der Waals surface area contributed by atoms with Crippen molar-refractivity contribution < 1.29 is 19.8 Å². The first kappa shape index (κ1) is 13.2. The second-order valence-electron chi connectivity index (χ2n) is 3.02. The van der Waals surface area contributed by atoms with E-state index in [9.17, 15) is 9.59 Å². The van der Waals surface area contributed by atoms with Crippen LogP contribution in [0, 0.1) is 0 Å². The maximum Gasteiger partial charge on any atom is 0.409 e. The summed E-state index contributed by atoms with van der Waals surface area (Å²) in [5.74, 6) is 0. The first-order chi connectivity index (χ1) is 8.06. The van der Waals surface area contributed by atoms with E-state index < -0.39 is 18.3 Å². The molecule has 0 aliphatic carbocycles. The molecule has 0 aliphatic rings. The van der Waals surface area contributed by atoms with E-state index in [-0.39, 0.29) is 13.2 Å². The van der Waals surface area contributed by atoms with Gasteiger partial charge in [-0.05, 0) is 0 Å². The van der Waals surface area contributed by atoms with Gasteiger partial charge < -0.3 is 21.3 Å². The number of nitrogens with two attached hydrogens (primary N) is 1. The Bertz CT molecular complexity index is 383. The van der Waals surface area contributed by atoms with Crippen LogP contribution >= 0.6 is 11.3 Å². The summed E-state index contributed by atoms with van der Waals surface area (Å²) in [6.07, 6.45) is -2.28. The van der Waals surface area contributed by atoms with Crippen LogP contribution in [0.2, 0.25) is 0 Å². The highest BCUT2D eigenvalue weighted by Crippen LogP contribution is 2.17. The Morgan fingerprint density at radius 3 is 2.76 bits per heavy atom. The number of thiazole rings is 1. The van der Waals surface area contributed by atoms with Gasteiger partial charge in [-0.2, -0.15) is 0 Å². The summed E-state index contributed by atoms with van der Waals surface area (Å²) < 4.78 is 0. The molecule has 5 N–H and O–H groups in total. The molecule has 8 nitrogen and oxygen atoms in total. The molecular formula is C8H12N4O4S. The van der Waals surface area contributed by atoms with E-state index in [0.29, 0.717) is 5.69 Å². The van der Waals surface area contributed by atoms with Crippen LogP contribution in [0.1, 0.15) is 11.9 Å². The molecule has 1 aromatic rings. The minimum absolute atomic E-state index is 0.155. The van der Waals surface area contributed by atoms with Crippen LogP contribution in [-0.2, 0) is 0 Å². The molecule has 0 fully saturated rings. The van der Waals surface area contributed by atoms with Crippen molar-refractivity contribution in [2.75, 3.05) is 13.2 Å². The summed E-state index contributed by atoms with van der Waals surface area (Å²) >= 11 is 1.26. The lowest BCUT2D eigenvalue weighted by molar-refractivity contribution is 0.101. The van der Waals surface area contributed by atoms with Gasteiger partial charge in [-0.15, -0.1) is 11.3 Å². The van der Waals surface area contributed by atoms with Crippen molar-refractivity contribution in [2.24, 2.45) is 5.73 Å². The predicted molar refractivity (Wildman–Crippen MR) is 59.4 cm³/mol. The Labute approximate surface area is 101 Å². The first-order valence-electron chi connectivity index (χ1n) is 4.60. The van der Waals surface area contributed by atoms with Crippen molar-refractivity contribution in [3.63, 3.8) is 0 Å². The van der Waals surface area contributed by atoms with Crippen LogP contribution < -0.4 is 11.1 Å². The van der Waals surface area contributed by atoms with Gasteiger partial charge in [0.25, 0.3) is 0 Å². The highest BCUT2D eigenvalue weighted by molar-refractivity contribution is 7.07. The molecule has 0 aromatic carbocycles. The fourth-order valence-electron chi connectivity index (χ4n) is 1.25. The van der Waals surface area contributed by atoms with E-state index in [1.807, 2.05) is 0 Å². The zero-order valence-corrected chi connectivity index (χ0v) is 9.55. The number of carbonyl (C=O) groups is 2. The minimum atomic E-state index is -1.29. The van der Waals surface area contributed by atoms with Gasteiger partial charge in [-0.25, -0.2) is 14.6 Å². The molecule has 9 heteroatoms. The predicted octanol–water partition coefficient (Wildman–Crippen LogP) is -0.218. The van der Waals surface area contributed by atoms with Gasteiger partial charge in [0.2, 0.25) is 0 Å². The van der Waals surface area contributed by atoms with Crippen LogP contribution in [0.3, 0.4) is 0 Å². The van der Waals surface area contributed by atoms with Gasteiger partial charge in [0.15, 0.2) is 6.17 Å². The topological polar surface area (TPSA) is 129 Å². The average Bonchev–Trinajstić information content (AvgIpc) is 2.75. The molecule has 0 spiro atoms. The Balaban J connectivity index is 2.94. The Kier molecular flexibility index (Phi) is 4.67. The molecule has 3 amide bonds. The standard InChI is InChI=1S/C8H12N4O4S/c9-7(14)11-6(5-3-17-4-10-5)12(1-2-13)8(15)16/h3-4,6,13H,1-2H2,(H,15,16)(H3,9,11,14). The van der Waals surface area contributed by atoms with Crippen LogP contribution in [0.4, 0.5) is 9.59 Å². The van der Waals surface area contributed by atoms with E-state index in [2.05, 4.69) is 10.3 Å². The van der Waals surface area contributed by atoms with Gasteiger partial charge in [-0.1, -0.05) is 0 Å². The number of primary amides is 1. The maximum atomic E-state index is 11.0. The second-order valence-corrected chi connectivity index (χ2v) is 3.74. The van der Waals surface area contributed by atoms with Gasteiger partial charge in [-0.3, -0.25) is 4.90 Å². The number of amides is 3. The molecule has 94 valence electrons. The highest BCUT2D eigenvalue weighted by Gasteiger charge is 2.26. The number of aromatic nitrogens is 1. The third kappa shape index (κ3) is 3.57. The molecule has 0 aliphatic heterocycles. The number of aliphatic hydroxyl groups excluding tert-OH is 1. The summed E-state index contributed by atoms with van der Waals surface area (Å²) in [4.78, 5) is 26.6. The monoisotopic (exact) mass is 260 g/mol. The zero-order valence-electron chi connectivity index (χ0n) is 8.74. The third-order valence-corrected chi connectivity index (χ3v) is 2.51. The van der Waals surface area contributed by atoms with Crippen LogP contribution in [0.25, 0.3) is 0 Å². The number of aliphatic hydroxyl groups is 1. The molecule has 1 heterocycles. The number of nitrogens with one attached hydrogen (secondary N) is 1. The quantitative estimate of drug-likeness (QED) is 0.544. The fourth-order valence-corrected chi connectivity index (χ4v) is 1.82. The van der Waals surface area contributed by atoms with Gasteiger partial charge in [0, 0.05) is 11.9 Å². The number of nitrogens with zero attached hydrogens (tertiary/aromatic N) is 2. The van der Waals surface area contributed by atoms with E-state index in [0.717, 1.165) is 4.90 Å². The third-order valence-electron chi connectivity index (χ3n) is 1.91. The van der Waals surface area contributed by atoms with Crippen molar-refractivity contribution in [3.05, 3.63) is 16.6 Å². The molecule has 0 radical (unpaired) electrons. The maximum absolute atomic E-state index is 11.0. The number of carboxylic acid groups (broad SMARTS) is 1. The molecule has 1 unspecified atom stereocenters. The number of hydrogen-bond donors (Lipinski definition) is 4. The fraction of sp³-hybridized carbons (Fsp3) is 0.375. The van der Waals surface area contributed by atoms with Crippen molar-refractivity contribution in [3.8, 4) is 0 Å². The van der Waals surface area contributed by atoms with Gasteiger partial charge >= 0.3 is 12.1 Å². The lowest BCUT2D eigenvalue weighted by Gasteiger charge is -2.27. The molecule has 1 atom stereocenters. The summed E-state index contributed by atoms with van der Waals surface area (Å²) in [6.45, 7) is -0.523. The number of carbonyl (C=O) groups excluding carboxylic acids is 1. The van der Waals surface area contributed by atoms with Gasteiger partial charge in [0.1, 0.15) is 0 Å².